The summed E-state index contributed by atoms with van der Waals surface area (Å²) in [5.41, 5.74) is 11.9. The molecule has 60 heavy (non-hydrogen) atoms. The van der Waals surface area contributed by atoms with Crippen LogP contribution < -0.4 is 0 Å². The standard InChI is InChI=1S/C55H35N5/c1-4-17-36(18-5-1)42-32-31-40(35-48(42)38-19-6-2-7-20-38)59-49-29-14-12-26-43(49)45-33-34-46-44-27-13-15-30-50(44)60(52(46)51(45)59)55-57-53(39-22-8-3-9-23-39)56-54(58-55)47-28-16-24-37-21-10-11-25-41(37)47/h1-35H. The Labute approximate surface area is 346 Å². The highest BCUT2D eigenvalue weighted by Gasteiger charge is 2.24. The Morgan fingerprint density at radius 3 is 1.50 bits per heavy atom. The minimum atomic E-state index is 0.562. The normalized spacial score (nSPS) is 11.7. The lowest BCUT2D eigenvalue weighted by Crippen LogP contribution is -2.07. The molecule has 0 atom stereocenters. The van der Waals surface area contributed by atoms with E-state index in [2.05, 4.69) is 203 Å². The third-order valence-electron chi connectivity index (χ3n) is 11.8. The third kappa shape index (κ3) is 5.37. The monoisotopic (exact) mass is 765 g/mol. The first-order valence-electron chi connectivity index (χ1n) is 20.3. The minimum absolute atomic E-state index is 0.562. The lowest BCUT2D eigenvalue weighted by molar-refractivity contribution is 0.954. The van der Waals surface area contributed by atoms with E-state index in [1.54, 1.807) is 0 Å². The molecule has 280 valence electrons. The predicted octanol–water partition coefficient (Wildman–Crippen LogP) is 13.9. The van der Waals surface area contributed by atoms with Gasteiger partial charge in [0.2, 0.25) is 5.95 Å². The Morgan fingerprint density at radius 1 is 0.300 bits per heavy atom. The van der Waals surface area contributed by atoms with Gasteiger partial charge in [0.25, 0.3) is 0 Å². The molecule has 0 spiro atoms. The zero-order valence-electron chi connectivity index (χ0n) is 32.4. The molecule has 0 fully saturated rings. The number of para-hydroxylation sites is 2. The molecule has 0 saturated carbocycles. The largest absolute Gasteiger partial charge is 0.307 e. The fourth-order valence-electron chi connectivity index (χ4n) is 9.10. The molecule has 0 bridgehead atoms. The lowest BCUT2D eigenvalue weighted by atomic mass is 9.94. The maximum absolute atomic E-state index is 5.42. The van der Waals surface area contributed by atoms with Crippen LogP contribution in [-0.4, -0.2) is 24.1 Å². The number of rotatable bonds is 6. The first-order valence-corrected chi connectivity index (χ1v) is 20.3. The van der Waals surface area contributed by atoms with E-state index in [1.165, 1.54) is 22.1 Å². The molecule has 3 aromatic heterocycles. The number of nitrogens with zero attached hydrogens (tertiary/aromatic N) is 5. The molecule has 0 amide bonds. The fraction of sp³-hybridized carbons (Fsp3) is 0. The second-order valence-electron chi connectivity index (χ2n) is 15.2. The lowest BCUT2D eigenvalue weighted by Gasteiger charge is -2.16. The van der Waals surface area contributed by atoms with Crippen LogP contribution >= 0.6 is 0 Å². The van der Waals surface area contributed by atoms with Crippen LogP contribution in [0, 0.1) is 0 Å². The van der Waals surface area contributed by atoms with Crippen LogP contribution in [0.4, 0.5) is 0 Å². The molecule has 12 aromatic rings. The van der Waals surface area contributed by atoms with Crippen molar-refractivity contribution in [1.82, 2.24) is 24.1 Å². The van der Waals surface area contributed by atoms with Crippen LogP contribution in [0.2, 0.25) is 0 Å². The van der Waals surface area contributed by atoms with Crippen molar-refractivity contribution < 1.29 is 0 Å². The number of benzene rings is 9. The van der Waals surface area contributed by atoms with Crippen molar-refractivity contribution in [3.63, 3.8) is 0 Å². The van der Waals surface area contributed by atoms with Crippen LogP contribution in [0.25, 0.3) is 111 Å². The molecule has 0 saturated heterocycles. The SMILES string of the molecule is c1ccc(-c2nc(-c3cccc4ccccc34)nc(-n3c4ccccc4c4ccc5c6ccccc6n(-c6ccc(-c7ccccc7)c(-c7ccccc7)c6)c5c43)n2)cc1. The molecule has 0 aliphatic heterocycles. The average Bonchev–Trinajstić information content (AvgIpc) is 3.85. The Balaban J connectivity index is 1.21. The highest BCUT2D eigenvalue weighted by molar-refractivity contribution is 6.23. The molecule has 0 aliphatic carbocycles. The summed E-state index contributed by atoms with van der Waals surface area (Å²) >= 11 is 0. The van der Waals surface area contributed by atoms with Crippen molar-refractivity contribution in [3.05, 3.63) is 212 Å². The van der Waals surface area contributed by atoms with Gasteiger partial charge < -0.3 is 4.57 Å². The number of hydrogen-bond acceptors (Lipinski definition) is 3. The molecular formula is C55H35N5. The van der Waals surface area contributed by atoms with Crippen molar-refractivity contribution in [2.75, 3.05) is 0 Å². The van der Waals surface area contributed by atoms with E-state index in [-0.39, 0.29) is 0 Å². The third-order valence-corrected chi connectivity index (χ3v) is 11.8. The van der Waals surface area contributed by atoms with Crippen molar-refractivity contribution >= 4 is 54.4 Å². The van der Waals surface area contributed by atoms with E-state index in [9.17, 15) is 0 Å². The van der Waals surface area contributed by atoms with E-state index >= 15 is 0 Å². The van der Waals surface area contributed by atoms with Gasteiger partial charge in [-0.3, -0.25) is 4.57 Å². The van der Waals surface area contributed by atoms with Crippen LogP contribution in [0.1, 0.15) is 0 Å². The van der Waals surface area contributed by atoms with Crippen LogP contribution in [0.15, 0.2) is 212 Å². The highest BCUT2D eigenvalue weighted by Crippen LogP contribution is 2.43. The molecule has 3 heterocycles. The first-order chi connectivity index (χ1) is 29.8. The van der Waals surface area contributed by atoms with Gasteiger partial charge in [-0.25, -0.2) is 4.98 Å². The van der Waals surface area contributed by atoms with E-state index in [0.717, 1.165) is 71.4 Å². The number of aromatic nitrogens is 5. The van der Waals surface area contributed by atoms with Gasteiger partial charge in [0.1, 0.15) is 0 Å². The zero-order chi connectivity index (χ0) is 39.6. The Hall–Kier alpha value is -8.15. The van der Waals surface area contributed by atoms with Crippen LogP contribution in [0.5, 0.6) is 0 Å². The first kappa shape index (κ1) is 33.9. The van der Waals surface area contributed by atoms with E-state index in [0.29, 0.717) is 17.6 Å². The topological polar surface area (TPSA) is 48.5 Å². The predicted molar refractivity (Wildman–Crippen MR) is 248 cm³/mol. The summed E-state index contributed by atoms with van der Waals surface area (Å²) in [6.45, 7) is 0. The summed E-state index contributed by atoms with van der Waals surface area (Å²) in [6.07, 6.45) is 0. The molecular weight excluding hydrogens is 731 g/mol. The smallest absolute Gasteiger partial charge is 0.238 e. The summed E-state index contributed by atoms with van der Waals surface area (Å²) in [6, 6.07) is 75.1. The molecule has 0 unspecified atom stereocenters. The highest BCUT2D eigenvalue weighted by atomic mass is 15.2. The second kappa shape index (κ2) is 13.8. The Bertz CT molecular complexity index is 3580. The van der Waals surface area contributed by atoms with Crippen molar-refractivity contribution in [2.45, 2.75) is 0 Å². The van der Waals surface area contributed by atoms with Gasteiger partial charge in [-0.15, -0.1) is 0 Å². The van der Waals surface area contributed by atoms with Gasteiger partial charge in [-0.05, 0) is 57.3 Å². The van der Waals surface area contributed by atoms with Crippen molar-refractivity contribution in [2.24, 2.45) is 0 Å². The molecule has 0 aliphatic rings. The summed E-state index contributed by atoms with van der Waals surface area (Å²) in [5.74, 6) is 1.80. The average molecular weight is 766 g/mol. The summed E-state index contributed by atoms with van der Waals surface area (Å²) in [4.78, 5) is 15.9. The van der Waals surface area contributed by atoms with Crippen molar-refractivity contribution in [3.8, 4) is 56.7 Å². The van der Waals surface area contributed by atoms with Gasteiger partial charge in [-0.1, -0.05) is 188 Å². The summed E-state index contributed by atoms with van der Waals surface area (Å²) in [7, 11) is 0. The summed E-state index contributed by atoms with van der Waals surface area (Å²) < 4.78 is 4.70. The van der Waals surface area contributed by atoms with E-state index in [1.807, 2.05) is 18.2 Å². The molecule has 5 nitrogen and oxygen atoms in total. The zero-order valence-corrected chi connectivity index (χ0v) is 32.4. The van der Waals surface area contributed by atoms with Crippen LogP contribution in [-0.2, 0) is 0 Å². The Kier molecular flexibility index (Phi) is 7.78. The molecule has 9 aromatic carbocycles. The molecule has 0 N–H and O–H groups in total. The van der Waals surface area contributed by atoms with Gasteiger partial charge in [-0.2, -0.15) is 9.97 Å². The number of hydrogen-bond donors (Lipinski definition) is 0. The van der Waals surface area contributed by atoms with Crippen LogP contribution in [0.3, 0.4) is 0 Å². The maximum Gasteiger partial charge on any atom is 0.238 e. The molecule has 0 radical (unpaired) electrons. The molecule has 12 rings (SSSR count). The van der Waals surface area contributed by atoms with Gasteiger partial charge >= 0.3 is 0 Å². The number of fused-ring (bicyclic) bond motifs is 8. The maximum atomic E-state index is 5.42. The van der Waals surface area contributed by atoms with Crippen molar-refractivity contribution in [1.29, 1.82) is 0 Å². The quantitative estimate of drug-likeness (QED) is 0.169. The fourth-order valence-corrected chi connectivity index (χ4v) is 9.10. The summed E-state index contributed by atoms with van der Waals surface area (Å²) in [5, 5.41) is 6.81. The Morgan fingerprint density at radius 2 is 0.817 bits per heavy atom. The van der Waals surface area contributed by atoms with Gasteiger partial charge in [0.05, 0.1) is 22.1 Å². The van der Waals surface area contributed by atoms with Gasteiger partial charge in [0, 0.05) is 38.4 Å². The van der Waals surface area contributed by atoms with Gasteiger partial charge in [0.15, 0.2) is 11.6 Å². The van der Waals surface area contributed by atoms with E-state index < -0.39 is 0 Å². The second-order valence-corrected chi connectivity index (χ2v) is 15.2. The minimum Gasteiger partial charge on any atom is -0.307 e. The molecule has 5 heteroatoms. The van der Waals surface area contributed by atoms with E-state index in [4.69, 9.17) is 15.0 Å².